The van der Waals surface area contributed by atoms with Gasteiger partial charge in [-0.25, -0.2) is 21.9 Å². The second-order valence-corrected chi connectivity index (χ2v) is 5.54. The van der Waals surface area contributed by atoms with Gasteiger partial charge in [-0.1, -0.05) is 19.4 Å². The van der Waals surface area contributed by atoms with E-state index in [1.807, 2.05) is 0 Å². The maximum Gasteiger partial charge on any atom is 0.270 e. The average Bonchev–Trinajstić information content (AvgIpc) is 2.25. The zero-order valence-electron chi connectivity index (χ0n) is 9.74. The van der Waals surface area contributed by atoms with Crippen molar-refractivity contribution in [2.24, 2.45) is 0 Å². The van der Waals surface area contributed by atoms with Gasteiger partial charge in [0.25, 0.3) is 5.91 Å². The maximum absolute atomic E-state index is 13.2. The van der Waals surface area contributed by atoms with Crippen LogP contribution in [0.5, 0.6) is 0 Å². The molecule has 18 heavy (non-hydrogen) atoms. The van der Waals surface area contributed by atoms with Crippen molar-refractivity contribution in [2.45, 2.75) is 19.8 Å². The minimum absolute atomic E-state index is 0.259. The fraction of sp³-hybridized carbons (Fsp3) is 0.364. The predicted molar refractivity (Wildman–Crippen MR) is 62.5 cm³/mol. The third-order valence-corrected chi connectivity index (χ3v) is 3.53. The number of rotatable bonds is 5. The summed E-state index contributed by atoms with van der Waals surface area (Å²) in [5, 5.41) is 0. The first-order valence-electron chi connectivity index (χ1n) is 5.36. The molecule has 7 heteroatoms. The molecular weight excluding hydrogens is 264 g/mol. The van der Waals surface area contributed by atoms with E-state index >= 15 is 0 Å². The van der Waals surface area contributed by atoms with Crippen molar-refractivity contribution in [3.05, 3.63) is 35.4 Å². The van der Waals surface area contributed by atoms with Crippen molar-refractivity contribution in [1.29, 1.82) is 0 Å². The van der Waals surface area contributed by atoms with Crippen molar-refractivity contribution in [1.82, 2.24) is 4.72 Å². The Morgan fingerprint density at radius 3 is 2.33 bits per heavy atom. The second-order valence-electron chi connectivity index (χ2n) is 3.70. The van der Waals surface area contributed by atoms with E-state index in [1.165, 1.54) is 0 Å². The van der Waals surface area contributed by atoms with Crippen LogP contribution in [0.4, 0.5) is 8.78 Å². The monoisotopic (exact) mass is 277 g/mol. The van der Waals surface area contributed by atoms with Gasteiger partial charge in [0.1, 0.15) is 17.2 Å². The van der Waals surface area contributed by atoms with Gasteiger partial charge < -0.3 is 0 Å². The third kappa shape index (κ3) is 3.76. The van der Waals surface area contributed by atoms with E-state index in [2.05, 4.69) is 0 Å². The summed E-state index contributed by atoms with van der Waals surface area (Å²) >= 11 is 0. The first-order valence-corrected chi connectivity index (χ1v) is 7.01. The predicted octanol–water partition coefficient (Wildman–Crippen LogP) is 1.82. The molecule has 0 bridgehead atoms. The van der Waals surface area contributed by atoms with E-state index in [1.54, 1.807) is 11.6 Å². The molecule has 0 saturated heterocycles. The normalized spacial score (nSPS) is 11.3. The fourth-order valence-corrected chi connectivity index (χ4v) is 2.45. The molecule has 0 spiro atoms. The minimum Gasteiger partial charge on any atom is -0.268 e. The van der Waals surface area contributed by atoms with Crippen LogP contribution in [0.3, 0.4) is 0 Å². The van der Waals surface area contributed by atoms with Crippen molar-refractivity contribution >= 4 is 15.9 Å². The summed E-state index contributed by atoms with van der Waals surface area (Å²) in [4.78, 5) is 11.5. The molecule has 0 aliphatic heterocycles. The van der Waals surface area contributed by atoms with Gasteiger partial charge in [0.15, 0.2) is 0 Å². The largest absolute Gasteiger partial charge is 0.270 e. The van der Waals surface area contributed by atoms with Crippen LogP contribution in [-0.4, -0.2) is 20.1 Å². The molecule has 4 nitrogen and oxygen atoms in total. The van der Waals surface area contributed by atoms with Crippen LogP contribution in [-0.2, 0) is 10.0 Å². The van der Waals surface area contributed by atoms with Crippen LogP contribution in [0.2, 0.25) is 0 Å². The van der Waals surface area contributed by atoms with Gasteiger partial charge >= 0.3 is 0 Å². The Bertz CT molecular complexity index is 523. The van der Waals surface area contributed by atoms with Gasteiger partial charge in [-0.3, -0.25) is 4.79 Å². The summed E-state index contributed by atoms with van der Waals surface area (Å²) < 4.78 is 50.9. The lowest BCUT2D eigenvalue weighted by Gasteiger charge is -2.07. The molecule has 0 heterocycles. The molecule has 1 aromatic rings. The van der Waals surface area contributed by atoms with Gasteiger partial charge in [0.05, 0.1) is 5.75 Å². The van der Waals surface area contributed by atoms with E-state index in [9.17, 15) is 22.0 Å². The van der Waals surface area contributed by atoms with Gasteiger partial charge in [-0.2, -0.15) is 0 Å². The molecule has 1 amide bonds. The first-order chi connectivity index (χ1) is 8.37. The van der Waals surface area contributed by atoms with Crippen LogP contribution in [0.25, 0.3) is 0 Å². The van der Waals surface area contributed by atoms with Crippen LogP contribution in [0, 0.1) is 11.6 Å². The highest BCUT2D eigenvalue weighted by molar-refractivity contribution is 7.90. The second kappa shape index (κ2) is 5.90. The Morgan fingerprint density at radius 1 is 1.28 bits per heavy atom. The zero-order valence-corrected chi connectivity index (χ0v) is 10.6. The van der Waals surface area contributed by atoms with Crippen molar-refractivity contribution < 1.29 is 22.0 Å². The fourth-order valence-electron chi connectivity index (χ4n) is 1.29. The number of hydrogen-bond acceptors (Lipinski definition) is 3. The summed E-state index contributed by atoms with van der Waals surface area (Å²) in [7, 11) is -3.86. The van der Waals surface area contributed by atoms with E-state index in [-0.39, 0.29) is 5.75 Å². The molecule has 0 unspecified atom stereocenters. The molecule has 1 rings (SSSR count). The van der Waals surface area contributed by atoms with Crippen LogP contribution in [0.15, 0.2) is 18.2 Å². The summed E-state index contributed by atoms with van der Waals surface area (Å²) in [5.41, 5.74) is -0.891. The Kier molecular flexibility index (Phi) is 4.77. The molecule has 100 valence electrons. The number of nitrogens with one attached hydrogen (secondary N) is 1. The van der Waals surface area contributed by atoms with E-state index in [4.69, 9.17) is 0 Å². The molecule has 0 saturated carbocycles. The molecule has 0 aliphatic rings. The molecule has 0 radical (unpaired) electrons. The summed E-state index contributed by atoms with van der Waals surface area (Å²) in [6.45, 7) is 1.79. The lowest BCUT2D eigenvalue weighted by atomic mass is 10.2. The Balaban J connectivity index is 2.90. The minimum atomic E-state index is -3.86. The molecule has 0 atom stereocenters. The summed E-state index contributed by atoms with van der Waals surface area (Å²) in [5.74, 6) is -3.75. The number of carbonyl (C=O) groups is 1. The number of benzene rings is 1. The smallest absolute Gasteiger partial charge is 0.268 e. The lowest BCUT2D eigenvalue weighted by Crippen LogP contribution is -2.33. The summed E-state index contributed by atoms with van der Waals surface area (Å²) in [6.07, 6.45) is 0.992. The Morgan fingerprint density at radius 2 is 1.83 bits per heavy atom. The SMILES string of the molecule is CCCCS(=O)(=O)NC(=O)c1c(F)cccc1F. The zero-order chi connectivity index (χ0) is 13.8. The van der Waals surface area contributed by atoms with Gasteiger partial charge in [-0.15, -0.1) is 0 Å². The highest BCUT2D eigenvalue weighted by Gasteiger charge is 2.21. The van der Waals surface area contributed by atoms with Crippen molar-refractivity contribution in [3.8, 4) is 0 Å². The average molecular weight is 277 g/mol. The standard InChI is InChI=1S/C11H13F2NO3S/c1-2-3-7-18(16,17)14-11(15)10-8(12)5-4-6-9(10)13/h4-6H,2-3,7H2,1H3,(H,14,15). The molecule has 0 aliphatic carbocycles. The molecular formula is C11H13F2NO3S. The number of sulfonamides is 1. The number of unbranched alkanes of at least 4 members (excludes halogenated alkanes) is 1. The van der Waals surface area contributed by atoms with Crippen LogP contribution >= 0.6 is 0 Å². The maximum atomic E-state index is 13.2. The topological polar surface area (TPSA) is 63.2 Å². The number of halogens is 2. The first kappa shape index (κ1) is 14.6. The van der Waals surface area contributed by atoms with Crippen molar-refractivity contribution in [3.63, 3.8) is 0 Å². The van der Waals surface area contributed by atoms with Crippen molar-refractivity contribution in [2.75, 3.05) is 5.75 Å². The highest BCUT2D eigenvalue weighted by Crippen LogP contribution is 2.12. The quantitative estimate of drug-likeness (QED) is 0.893. The Labute approximate surface area is 104 Å². The molecule has 0 aromatic heterocycles. The van der Waals surface area contributed by atoms with Crippen LogP contribution in [0.1, 0.15) is 30.1 Å². The van der Waals surface area contributed by atoms with E-state index < -0.39 is 33.1 Å². The number of amides is 1. The van der Waals surface area contributed by atoms with Gasteiger partial charge in [0, 0.05) is 0 Å². The molecule has 0 fully saturated rings. The van der Waals surface area contributed by atoms with E-state index in [0.29, 0.717) is 12.8 Å². The van der Waals surface area contributed by atoms with Gasteiger partial charge in [-0.05, 0) is 18.6 Å². The highest BCUT2D eigenvalue weighted by atomic mass is 32.2. The number of hydrogen-bond donors (Lipinski definition) is 1. The molecule has 1 aromatic carbocycles. The summed E-state index contributed by atoms with van der Waals surface area (Å²) in [6, 6.07) is 2.86. The van der Waals surface area contributed by atoms with Crippen LogP contribution < -0.4 is 4.72 Å². The lowest BCUT2D eigenvalue weighted by molar-refractivity contribution is 0.0973. The third-order valence-electron chi connectivity index (χ3n) is 2.20. The molecule has 1 N–H and O–H groups in total. The Hall–Kier alpha value is -1.50. The van der Waals surface area contributed by atoms with E-state index in [0.717, 1.165) is 18.2 Å². The number of carbonyl (C=O) groups excluding carboxylic acids is 1. The van der Waals surface area contributed by atoms with Gasteiger partial charge in [0.2, 0.25) is 10.0 Å².